The predicted octanol–water partition coefficient (Wildman–Crippen LogP) is 4.10. The highest BCUT2D eigenvalue weighted by molar-refractivity contribution is 9.10. The lowest BCUT2D eigenvalue weighted by Gasteiger charge is -2.10. The first kappa shape index (κ1) is 18.2. The first-order valence-corrected chi connectivity index (χ1v) is 8.42. The molecule has 2 aromatic rings. The SMILES string of the molecule is Cc1ccc(CC(=O)OCC(=O)Nc2ccc(Br)cc2C)cc1C. The summed E-state index contributed by atoms with van der Waals surface area (Å²) in [5.41, 5.74) is 4.82. The number of ether oxygens (including phenoxy) is 1. The molecule has 4 nitrogen and oxygen atoms in total. The summed E-state index contributed by atoms with van der Waals surface area (Å²) < 4.78 is 6.00. The van der Waals surface area contributed by atoms with Crippen LogP contribution in [-0.4, -0.2) is 18.5 Å². The minimum Gasteiger partial charge on any atom is -0.455 e. The van der Waals surface area contributed by atoms with E-state index in [2.05, 4.69) is 21.2 Å². The van der Waals surface area contributed by atoms with Gasteiger partial charge in [-0.2, -0.15) is 0 Å². The molecule has 0 saturated carbocycles. The number of aryl methyl sites for hydroxylation is 3. The molecule has 0 aliphatic carbocycles. The van der Waals surface area contributed by atoms with Crippen molar-refractivity contribution in [2.75, 3.05) is 11.9 Å². The molecule has 0 bridgehead atoms. The van der Waals surface area contributed by atoms with Crippen LogP contribution in [0.15, 0.2) is 40.9 Å². The average molecular weight is 390 g/mol. The van der Waals surface area contributed by atoms with Gasteiger partial charge in [0.05, 0.1) is 6.42 Å². The van der Waals surface area contributed by atoms with Gasteiger partial charge in [-0.15, -0.1) is 0 Å². The van der Waals surface area contributed by atoms with Gasteiger partial charge >= 0.3 is 5.97 Å². The van der Waals surface area contributed by atoms with Crippen LogP contribution < -0.4 is 5.32 Å². The molecule has 5 heteroatoms. The summed E-state index contributed by atoms with van der Waals surface area (Å²) in [6, 6.07) is 11.4. The Morgan fingerprint density at radius 3 is 2.42 bits per heavy atom. The van der Waals surface area contributed by atoms with E-state index in [1.165, 1.54) is 5.56 Å². The molecule has 0 aromatic heterocycles. The number of halogens is 1. The number of hydrogen-bond acceptors (Lipinski definition) is 3. The molecule has 2 aromatic carbocycles. The molecule has 0 aliphatic rings. The van der Waals surface area contributed by atoms with Gasteiger partial charge in [-0.05, 0) is 61.2 Å². The molecule has 0 aliphatic heterocycles. The highest BCUT2D eigenvalue weighted by Crippen LogP contribution is 2.19. The normalized spacial score (nSPS) is 10.3. The fraction of sp³-hybridized carbons (Fsp3) is 0.263. The molecule has 0 fully saturated rings. The van der Waals surface area contributed by atoms with Gasteiger partial charge in [0.15, 0.2) is 6.61 Å². The van der Waals surface area contributed by atoms with E-state index in [-0.39, 0.29) is 18.9 Å². The van der Waals surface area contributed by atoms with Gasteiger partial charge in [0.2, 0.25) is 0 Å². The van der Waals surface area contributed by atoms with Gasteiger partial charge in [-0.25, -0.2) is 0 Å². The molecule has 0 atom stereocenters. The van der Waals surface area contributed by atoms with Gasteiger partial charge in [-0.1, -0.05) is 34.1 Å². The van der Waals surface area contributed by atoms with E-state index in [4.69, 9.17) is 4.74 Å². The number of nitrogens with one attached hydrogen (secondary N) is 1. The van der Waals surface area contributed by atoms with E-state index in [9.17, 15) is 9.59 Å². The third-order valence-corrected chi connectivity index (χ3v) is 4.24. The van der Waals surface area contributed by atoms with Crippen LogP contribution in [0, 0.1) is 20.8 Å². The third-order valence-electron chi connectivity index (χ3n) is 3.75. The van der Waals surface area contributed by atoms with Crippen molar-refractivity contribution in [3.63, 3.8) is 0 Å². The molecule has 0 spiro atoms. The Morgan fingerprint density at radius 1 is 1.00 bits per heavy atom. The fourth-order valence-electron chi connectivity index (χ4n) is 2.23. The van der Waals surface area contributed by atoms with Crippen molar-refractivity contribution in [1.82, 2.24) is 0 Å². The zero-order valence-corrected chi connectivity index (χ0v) is 15.6. The standard InChI is InChI=1S/C19H20BrNO3/c1-12-4-5-15(8-13(12)2)10-19(23)24-11-18(22)21-17-7-6-16(20)9-14(17)3/h4-9H,10-11H2,1-3H3,(H,21,22). The first-order valence-electron chi connectivity index (χ1n) is 7.63. The van der Waals surface area contributed by atoms with E-state index >= 15 is 0 Å². The Hall–Kier alpha value is -2.14. The number of amides is 1. The van der Waals surface area contributed by atoms with Gasteiger partial charge in [-0.3, -0.25) is 9.59 Å². The summed E-state index contributed by atoms with van der Waals surface area (Å²) in [5, 5.41) is 2.74. The van der Waals surface area contributed by atoms with Crippen LogP contribution in [0.3, 0.4) is 0 Å². The Balaban J connectivity index is 1.84. The minimum atomic E-state index is -0.416. The Morgan fingerprint density at radius 2 is 1.75 bits per heavy atom. The van der Waals surface area contributed by atoms with Crippen LogP contribution >= 0.6 is 15.9 Å². The minimum absolute atomic E-state index is 0.158. The monoisotopic (exact) mass is 389 g/mol. The maximum atomic E-state index is 11.9. The molecule has 1 N–H and O–H groups in total. The first-order chi connectivity index (χ1) is 11.3. The van der Waals surface area contributed by atoms with E-state index in [0.717, 1.165) is 21.2 Å². The van der Waals surface area contributed by atoms with Crippen molar-refractivity contribution in [2.45, 2.75) is 27.2 Å². The zero-order valence-electron chi connectivity index (χ0n) is 14.0. The summed E-state index contributed by atoms with van der Waals surface area (Å²) in [4.78, 5) is 23.8. The summed E-state index contributed by atoms with van der Waals surface area (Å²) in [5.74, 6) is -0.769. The second kappa shape index (κ2) is 8.11. The molecule has 0 saturated heterocycles. The van der Waals surface area contributed by atoms with Crippen molar-refractivity contribution < 1.29 is 14.3 Å². The molecule has 0 radical (unpaired) electrons. The van der Waals surface area contributed by atoms with Crippen LogP contribution in [0.25, 0.3) is 0 Å². The van der Waals surface area contributed by atoms with Crippen LogP contribution in [0.4, 0.5) is 5.69 Å². The van der Waals surface area contributed by atoms with Crippen molar-refractivity contribution in [3.05, 3.63) is 63.1 Å². The van der Waals surface area contributed by atoms with E-state index in [1.807, 2.05) is 51.1 Å². The second-order valence-electron chi connectivity index (χ2n) is 5.76. The molecule has 126 valence electrons. The number of rotatable bonds is 5. The highest BCUT2D eigenvalue weighted by atomic mass is 79.9. The zero-order chi connectivity index (χ0) is 17.7. The van der Waals surface area contributed by atoms with Crippen LogP contribution in [0.2, 0.25) is 0 Å². The summed E-state index contributed by atoms with van der Waals surface area (Å²) in [6.45, 7) is 5.62. The summed E-state index contributed by atoms with van der Waals surface area (Å²) >= 11 is 3.37. The summed E-state index contributed by atoms with van der Waals surface area (Å²) in [7, 11) is 0. The summed E-state index contributed by atoms with van der Waals surface area (Å²) in [6.07, 6.45) is 0.158. The Kier molecular flexibility index (Phi) is 6.15. The van der Waals surface area contributed by atoms with Gasteiger partial charge in [0.25, 0.3) is 5.91 Å². The molecular formula is C19H20BrNO3. The predicted molar refractivity (Wildman–Crippen MR) is 98.1 cm³/mol. The fourth-order valence-corrected chi connectivity index (χ4v) is 2.71. The second-order valence-corrected chi connectivity index (χ2v) is 6.68. The Bertz CT molecular complexity index is 771. The van der Waals surface area contributed by atoms with Gasteiger partial charge < -0.3 is 10.1 Å². The number of anilines is 1. The molecule has 24 heavy (non-hydrogen) atoms. The van der Waals surface area contributed by atoms with E-state index < -0.39 is 5.97 Å². The molecule has 2 rings (SSSR count). The van der Waals surface area contributed by atoms with E-state index in [0.29, 0.717) is 5.69 Å². The maximum Gasteiger partial charge on any atom is 0.310 e. The number of benzene rings is 2. The molecule has 0 heterocycles. The average Bonchev–Trinajstić information content (AvgIpc) is 2.52. The van der Waals surface area contributed by atoms with Crippen molar-refractivity contribution >= 4 is 33.5 Å². The lowest BCUT2D eigenvalue weighted by Crippen LogP contribution is -2.22. The van der Waals surface area contributed by atoms with Gasteiger partial charge in [0, 0.05) is 10.2 Å². The number of carbonyl (C=O) groups is 2. The van der Waals surface area contributed by atoms with E-state index in [1.54, 1.807) is 6.07 Å². The number of hydrogen-bond donors (Lipinski definition) is 1. The lowest BCUT2D eigenvalue weighted by atomic mass is 10.0. The molecule has 0 unspecified atom stereocenters. The van der Waals surface area contributed by atoms with Gasteiger partial charge in [0.1, 0.15) is 0 Å². The molecule has 1 amide bonds. The van der Waals surface area contributed by atoms with Crippen LogP contribution in [-0.2, 0) is 20.7 Å². The quantitative estimate of drug-likeness (QED) is 0.783. The van der Waals surface area contributed by atoms with Crippen LogP contribution in [0.1, 0.15) is 22.3 Å². The highest BCUT2D eigenvalue weighted by Gasteiger charge is 2.10. The largest absolute Gasteiger partial charge is 0.455 e. The van der Waals surface area contributed by atoms with Crippen molar-refractivity contribution in [2.24, 2.45) is 0 Å². The topological polar surface area (TPSA) is 55.4 Å². The molecular weight excluding hydrogens is 370 g/mol. The van der Waals surface area contributed by atoms with Crippen molar-refractivity contribution in [3.8, 4) is 0 Å². The number of esters is 1. The van der Waals surface area contributed by atoms with Crippen molar-refractivity contribution in [1.29, 1.82) is 0 Å². The number of carbonyl (C=O) groups excluding carboxylic acids is 2. The third kappa shape index (κ3) is 5.20. The smallest absolute Gasteiger partial charge is 0.310 e. The maximum absolute atomic E-state index is 11.9. The van der Waals surface area contributed by atoms with Crippen LogP contribution in [0.5, 0.6) is 0 Å². The lowest BCUT2D eigenvalue weighted by molar-refractivity contribution is -0.146. The Labute approximate surface area is 150 Å².